The maximum absolute atomic E-state index is 15.6. The second kappa shape index (κ2) is 9.98. The second-order valence-corrected chi connectivity index (χ2v) is 9.68. The number of aromatic nitrogens is 4. The first kappa shape index (κ1) is 25.4. The van der Waals surface area contributed by atoms with E-state index in [2.05, 4.69) is 20.0 Å². The fourth-order valence-corrected chi connectivity index (χ4v) is 4.55. The van der Waals surface area contributed by atoms with Crippen LogP contribution in [0, 0.1) is 0 Å². The molecule has 0 amide bonds. The number of methoxy groups -OCH3 is 1. The van der Waals surface area contributed by atoms with Crippen molar-refractivity contribution < 1.29 is 33.0 Å². The molecule has 0 spiro atoms. The van der Waals surface area contributed by atoms with E-state index < -0.39 is 44.4 Å². The van der Waals surface area contributed by atoms with Gasteiger partial charge >= 0.3 is 5.97 Å². The average molecular weight is 488 g/mol. The van der Waals surface area contributed by atoms with Gasteiger partial charge in [0.2, 0.25) is 11.8 Å². The van der Waals surface area contributed by atoms with Crippen LogP contribution in [-0.4, -0.2) is 81.0 Å². The number of nitrogens with two attached hydrogens (primary N) is 1. The van der Waals surface area contributed by atoms with Gasteiger partial charge in [0, 0.05) is 0 Å². The molecule has 2 aromatic heterocycles. The molecule has 0 radical (unpaired) electrons. The van der Waals surface area contributed by atoms with Gasteiger partial charge in [-0.25, -0.2) is 9.37 Å². The number of nitrogens with zero attached hydrogens (tertiary/aromatic N) is 4. The van der Waals surface area contributed by atoms with Crippen molar-refractivity contribution in [2.24, 2.45) is 0 Å². The molecule has 0 aliphatic carbocycles. The number of imidazole rings is 1. The molecule has 1 aliphatic heterocycles. The van der Waals surface area contributed by atoms with Gasteiger partial charge in [-0.15, -0.1) is 0 Å². The zero-order valence-electron chi connectivity index (χ0n) is 19.4. The first-order chi connectivity index (χ1) is 15.4. The summed E-state index contributed by atoms with van der Waals surface area (Å²) in [5.41, 5.74) is 4.03. The summed E-state index contributed by atoms with van der Waals surface area (Å²) in [6.45, 7) is 8.06. The molecule has 12 nitrogen and oxygen atoms in total. The highest BCUT2D eigenvalue weighted by Gasteiger charge is 2.55. The Labute approximate surface area is 191 Å². The Kier molecular flexibility index (Phi) is 7.69. The lowest BCUT2D eigenvalue weighted by Crippen LogP contribution is -2.41. The van der Waals surface area contributed by atoms with Crippen molar-refractivity contribution in [3.63, 3.8) is 0 Å². The van der Waals surface area contributed by atoms with Gasteiger partial charge in [0.1, 0.15) is 18.2 Å². The summed E-state index contributed by atoms with van der Waals surface area (Å²) < 4.78 is 38.8. The summed E-state index contributed by atoms with van der Waals surface area (Å²) >= 11 is 0. The molecular formula is C19H30FN6O6P. The SMILES string of the molecule is COc1nc(N)nc2c1ncn2[C@@H]1O[C@H](COP(C)N[C@@H](C)C(=O)OC(C)C)[C@@H](O)[C@@]1(C)F. The number of hydrogen-bond donors (Lipinski definition) is 3. The third-order valence-electron chi connectivity index (χ3n) is 5.08. The maximum Gasteiger partial charge on any atom is 0.323 e. The molecule has 1 unspecified atom stereocenters. The monoisotopic (exact) mass is 488 g/mol. The summed E-state index contributed by atoms with van der Waals surface area (Å²) in [6, 6.07) is -0.588. The van der Waals surface area contributed by atoms with Crippen LogP contribution in [0.25, 0.3) is 11.2 Å². The van der Waals surface area contributed by atoms with Gasteiger partial charge in [0.05, 0.1) is 34.4 Å². The molecule has 1 saturated heterocycles. The Morgan fingerprint density at radius 1 is 1.45 bits per heavy atom. The summed E-state index contributed by atoms with van der Waals surface area (Å²) in [5.74, 6) is -0.337. The van der Waals surface area contributed by atoms with Crippen LogP contribution in [0.3, 0.4) is 0 Å². The number of carbonyl (C=O) groups is 1. The quantitative estimate of drug-likeness (QED) is 0.345. The standard InChI is InChI=1S/C19H30FN6O6P/c1-9(2)31-16(28)10(3)25-33(6)30-7-11-13(27)19(4,20)17(32-11)26-8-22-12-14(26)23-18(21)24-15(12)29-5/h8-11,13,17,25,27H,7H2,1-6H3,(H2,21,23,24)/t10-,11+,13+,17+,19+,33?/m0/s1. The summed E-state index contributed by atoms with van der Waals surface area (Å²) in [5, 5.41) is 13.6. The minimum Gasteiger partial charge on any atom is -0.479 e. The minimum absolute atomic E-state index is 0.0760. The van der Waals surface area contributed by atoms with Crippen LogP contribution in [0.5, 0.6) is 5.88 Å². The Morgan fingerprint density at radius 3 is 2.79 bits per heavy atom. The van der Waals surface area contributed by atoms with Crippen molar-refractivity contribution in [1.82, 2.24) is 24.6 Å². The van der Waals surface area contributed by atoms with Gasteiger partial charge in [-0.2, -0.15) is 9.97 Å². The number of aliphatic hydroxyl groups excluding tert-OH is 1. The van der Waals surface area contributed by atoms with E-state index in [9.17, 15) is 9.90 Å². The van der Waals surface area contributed by atoms with E-state index in [0.29, 0.717) is 0 Å². The first-order valence-electron chi connectivity index (χ1n) is 10.4. The number of carbonyl (C=O) groups excluding carboxylic acids is 1. The zero-order chi connectivity index (χ0) is 24.5. The van der Waals surface area contributed by atoms with Crippen LogP contribution in [0.15, 0.2) is 6.33 Å². The molecule has 2 aromatic rings. The van der Waals surface area contributed by atoms with E-state index in [4.69, 9.17) is 24.5 Å². The minimum atomic E-state index is -2.19. The van der Waals surface area contributed by atoms with E-state index >= 15 is 4.39 Å². The number of nitrogens with one attached hydrogen (secondary N) is 1. The molecular weight excluding hydrogens is 458 g/mol. The van der Waals surface area contributed by atoms with Gasteiger partial charge < -0.3 is 29.6 Å². The van der Waals surface area contributed by atoms with Crippen molar-refractivity contribution in [1.29, 1.82) is 0 Å². The molecule has 14 heteroatoms. The van der Waals surface area contributed by atoms with Gasteiger partial charge in [-0.05, 0) is 34.4 Å². The Morgan fingerprint density at radius 2 is 2.15 bits per heavy atom. The van der Waals surface area contributed by atoms with E-state index in [1.165, 1.54) is 24.9 Å². The molecule has 3 heterocycles. The van der Waals surface area contributed by atoms with Gasteiger partial charge in [0.25, 0.3) is 0 Å². The third kappa shape index (κ3) is 5.33. The van der Waals surface area contributed by atoms with Crippen molar-refractivity contribution in [2.45, 2.75) is 63.9 Å². The van der Waals surface area contributed by atoms with Crippen LogP contribution >= 0.6 is 8.30 Å². The molecule has 0 bridgehead atoms. The van der Waals surface area contributed by atoms with E-state index in [1.54, 1.807) is 27.4 Å². The lowest BCUT2D eigenvalue weighted by atomic mass is 9.98. The number of rotatable bonds is 9. The smallest absolute Gasteiger partial charge is 0.323 e. The number of nitrogen functional groups attached to an aromatic ring is 1. The van der Waals surface area contributed by atoms with Gasteiger partial charge in [0.15, 0.2) is 23.1 Å². The fraction of sp³-hybridized carbons (Fsp3) is 0.684. The molecule has 4 N–H and O–H groups in total. The molecule has 184 valence electrons. The normalized spacial score (nSPS) is 27.1. The highest BCUT2D eigenvalue weighted by atomic mass is 31.2. The Balaban J connectivity index is 1.70. The van der Waals surface area contributed by atoms with Crippen LogP contribution in [0.2, 0.25) is 0 Å². The lowest BCUT2D eigenvalue weighted by Gasteiger charge is -2.24. The van der Waals surface area contributed by atoms with Crippen molar-refractivity contribution in [2.75, 3.05) is 26.1 Å². The fourth-order valence-electron chi connectivity index (χ4n) is 3.45. The highest BCUT2D eigenvalue weighted by Crippen LogP contribution is 2.43. The van der Waals surface area contributed by atoms with Crippen molar-refractivity contribution in [3.8, 4) is 5.88 Å². The topological polar surface area (TPSA) is 156 Å². The lowest BCUT2D eigenvalue weighted by molar-refractivity contribution is -0.148. The molecule has 1 fully saturated rings. The van der Waals surface area contributed by atoms with E-state index in [0.717, 1.165) is 0 Å². The number of anilines is 1. The maximum atomic E-state index is 15.6. The van der Waals surface area contributed by atoms with Crippen molar-refractivity contribution >= 4 is 31.4 Å². The van der Waals surface area contributed by atoms with E-state index in [1.807, 2.05) is 0 Å². The molecule has 1 aliphatic rings. The number of fused-ring (bicyclic) bond motifs is 1. The third-order valence-corrected chi connectivity index (χ3v) is 6.37. The molecule has 3 rings (SSSR count). The summed E-state index contributed by atoms with van der Waals surface area (Å²) in [4.78, 5) is 24.2. The predicted molar refractivity (Wildman–Crippen MR) is 118 cm³/mol. The zero-order valence-corrected chi connectivity index (χ0v) is 20.2. The number of alkyl halides is 1. The highest BCUT2D eigenvalue weighted by molar-refractivity contribution is 7.49. The number of hydrogen-bond acceptors (Lipinski definition) is 11. The summed E-state index contributed by atoms with van der Waals surface area (Å²) in [7, 11) is 0.127. The van der Waals surface area contributed by atoms with Gasteiger partial charge in [-0.3, -0.25) is 14.4 Å². The number of halogens is 1. The number of aliphatic hydroxyl groups is 1. The van der Waals surface area contributed by atoms with Gasteiger partial charge in [-0.1, -0.05) is 0 Å². The molecule has 6 atom stereocenters. The van der Waals surface area contributed by atoms with Crippen molar-refractivity contribution in [3.05, 3.63) is 6.33 Å². The Bertz CT molecular complexity index is 991. The van der Waals surface area contributed by atoms with E-state index in [-0.39, 0.29) is 35.7 Å². The Hall–Kier alpha value is -2.18. The van der Waals surface area contributed by atoms with Crippen LogP contribution in [0.1, 0.15) is 33.9 Å². The largest absolute Gasteiger partial charge is 0.479 e. The van der Waals surface area contributed by atoms with Crippen LogP contribution in [-0.2, 0) is 18.8 Å². The predicted octanol–water partition coefficient (Wildman–Crippen LogP) is 1.29. The first-order valence-corrected chi connectivity index (χ1v) is 12.1. The number of ether oxygens (including phenoxy) is 3. The average Bonchev–Trinajstić information content (AvgIpc) is 3.24. The van der Waals surface area contributed by atoms with Crippen LogP contribution in [0.4, 0.5) is 10.3 Å². The molecule has 33 heavy (non-hydrogen) atoms. The molecule has 0 aromatic carbocycles. The molecule has 0 saturated carbocycles. The summed E-state index contributed by atoms with van der Waals surface area (Å²) in [6.07, 6.45) is -2.62. The van der Waals surface area contributed by atoms with Crippen LogP contribution < -0.4 is 15.6 Å². The number of esters is 1. The second-order valence-electron chi connectivity index (χ2n) is 8.17.